The van der Waals surface area contributed by atoms with E-state index in [1.165, 1.54) is 16.4 Å². The van der Waals surface area contributed by atoms with Gasteiger partial charge < -0.3 is 4.90 Å². The van der Waals surface area contributed by atoms with Crippen molar-refractivity contribution in [2.24, 2.45) is 0 Å². The lowest BCUT2D eigenvalue weighted by molar-refractivity contribution is 0.384. The summed E-state index contributed by atoms with van der Waals surface area (Å²) in [5, 5.41) is 0.651. The molecule has 1 aliphatic rings. The summed E-state index contributed by atoms with van der Waals surface area (Å²) in [6, 6.07) is 11.3. The highest BCUT2D eigenvalue weighted by Crippen LogP contribution is 2.25. The summed E-state index contributed by atoms with van der Waals surface area (Å²) in [6.07, 6.45) is 0. The van der Waals surface area contributed by atoms with Crippen LogP contribution in [0.1, 0.15) is 5.56 Å². The number of hydrogen-bond acceptors (Lipinski definition) is 3. The topological polar surface area (TPSA) is 40.6 Å². The van der Waals surface area contributed by atoms with E-state index in [0.29, 0.717) is 36.8 Å². The van der Waals surface area contributed by atoms with Crippen LogP contribution in [-0.2, 0) is 10.0 Å². The first kappa shape index (κ1) is 17.2. The van der Waals surface area contributed by atoms with Crippen LogP contribution in [0.3, 0.4) is 0 Å². The summed E-state index contributed by atoms with van der Waals surface area (Å²) in [5.41, 5.74) is 1.52. The predicted molar refractivity (Wildman–Crippen MR) is 93.6 cm³/mol. The van der Waals surface area contributed by atoms with Crippen molar-refractivity contribution in [3.05, 3.63) is 58.9 Å². The van der Waals surface area contributed by atoms with Crippen LogP contribution in [0, 0.1) is 12.7 Å². The number of hydrogen-bond donors (Lipinski definition) is 0. The van der Waals surface area contributed by atoms with Crippen LogP contribution in [0.15, 0.2) is 47.4 Å². The molecule has 1 aliphatic heterocycles. The highest BCUT2D eigenvalue weighted by Gasteiger charge is 2.30. The van der Waals surface area contributed by atoms with Crippen LogP contribution in [0.4, 0.5) is 10.1 Å². The molecule has 0 unspecified atom stereocenters. The first-order valence-electron chi connectivity index (χ1n) is 7.65. The highest BCUT2D eigenvalue weighted by molar-refractivity contribution is 7.89. The molecule has 0 saturated carbocycles. The lowest BCUT2D eigenvalue weighted by Gasteiger charge is -2.35. The van der Waals surface area contributed by atoms with Crippen molar-refractivity contribution in [3.8, 4) is 0 Å². The van der Waals surface area contributed by atoms with Gasteiger partial charge in [0.1, 0.15) is 5.82 Å². The second kappa shape index (κ2) is 6.70. The maximum absolute atomic E-state index is 13.5. The Bertz CT molecular complexity index is 849. The molecule has 4 nitrogen and oxygen atoms in total. The Hall–Kier alpha value is -1.63. The molecule has 7 heteroatoms. The molecule has 1 saturated heterocycles. The summed E-state index contributed by atoms with van der Waals surface area (Å²) in [6.45, 7) is 3.51. The van der Waals surface area contributed by atoms with Gasteiger partial charge in [-0.1, -0.05) is 23.7 Å². The number of piperazine rings is 1. The SMILES string of the molecule is Cc1ccc(F)cc1S(=O)(=O)N1CCN(c2cccc(Cl)c2)CC1. The van der Waals surface area contributed by atoms with E-state index < -0.39 is 15.8 Å². The molecule has 2 aromatic carbocycles. The minimum atomic E-state index is -3.69. The zero-order valence-corrected chi connectivity index (χ0v) is 14.8. The van der Waals surface area contributed by atoms with Crippen molar-refractivity contribution in [1.82, 2.24) is 4.31 Å². The third-order valence-electron chi connectivity index (χ3n) is 4.18. The third-order valence-corrected chi connectivity index (χ3v) is 6.46. The van der Waals surface area contributed by atoms with Crippen molar-refractivity contribution in [2.75, 3.05) is 31.1 Å². The Kier molecular flexibility index (Phi) is 4.80. The van der Waals surface area contributed by atoms with Crippen molar-refractivity contribution in [2.45, 2.75) is 11.8 Å². The fraction of sp³-hybridized carbons (Fsp3) is 0.294. The van der Waals surface area contributed by atoms with E-state index in [1.54, 1.807) is 13.0 Å². The van der Waals surface area contributed by atoms with Crippen LogP contribution in [0.25, 0.3) is 0 Å². The second-order valence-electron chi connectivity index (χ2n) is 5.78. The van der Waals surface area contributed by atoms with Gasteiger partial charge in [-0.25, -0.2) is 12.8 Å². The monoisotopic (exact) mass is 368 g/mol. The van der Waals surface area contributed by atoms with Crippen molar-refractivity contribution in [3.63, 3.8) is 0 Å². The van der Waals surface area contributed by atoms with Gasteiger partial charge in [-0.05, 0) is 42.8 Å². The molecular formula is C17H18ClFN2O2S. The number of anilines is 1. The standard InChI is InChI=1S/C17H18ClFN2O2S/c1-13-5-6-15(19)12-17(13)24(22,23)21-9-7-20(8-10-21)16-4-2-3-14(18)11-16/h2-6,11-12H,7-10H2,1H3. The smallest absolute Gasteiger partial charge is 0.243 e. The molecule has 0 bridgehead atoms. The molecule has 1 fully saturated rings. The van der Waals surface area contributed by atoms with E-state index in [4.69, 9.17) is 11.6 Å². The fourth-order valence-corrected chi connectivity index (χ4v) is 4.69. The van der Waals surface area contributed by atoms with Crippen LogP contribution < -0.4 is 4.90 Å². The maximum Gasteiger partial charge on any atom is 0.243 e. The summed E-state index contributed by atoms with van der Waals surface area (Å²) in [7, 11) is -3.69. The third kappa shape index (κ3) is 3.41. The maximum atomic E-state index is 13.5. The fourth-order valence-electron chi connectivity index (χ4n) is 2.85. The molecule has 0 spiro atoms. The van der Waals surface area contributed by atoms with E-state index >= 15 is 0 Å². The van der Waals surface area contributed by atoms with Crippen molar-refractivity contribution in [1.29, 1.82) is 0 Å². The number of nitrogens with zero attached hydrogens (tertiary/aromatic N) is 2. The molecule has 128 valence electrons. The van der Waals surface area contributed by atoms with E-state index in [2.05, 4.69) is 4.90 Å². The lowest BCUT2D eigenvalue weighted by atomic mass is 10.2. The van der Waals surface area contributed by atoms with Gasteiger partial charge in [-0.15, -0.1) is 0 Å². The quantitative estimate of drug-likeness (QED) is 0.834. The normalized spacial score (nSPS) is 16.4. The van der Waals surface area contributed by atoms with Crippen molar-refractivity contribution >= 4 is 27.3 Å². The second-order valence-corrected chi connectivity index (χ2v) is 8.12. The van der Waals surface area contributed by atoms with E-state index in [0.717, 1.165) is 11.8 Å². The van der Waals surface area contributed by atoms with E-state index in [-0.39, 0.29) is 4.90 Å². The zero-order valence-electron chi connectivity index (χ0n) is 13.2. The van der Waals surface area contributed by atoms with Gasteiger partial charge in [0.05, 0.1) is 4.90 Å². The zero-order chi connectivity index (χ0) is 17.3. The Labute approximate surface area is 146 Å². The number of aryl methyl sites for hydroxylation is 1. The van der Waals surface area contributed by atoms with Gasteiger partial charge in [0, 0.05) is 36.9 Å². The Morgan fingerprint density at radius 2 is 1.75 bits per heavy atom. The lowest BCUT2D eigenvalue weighted by Crippen LogP contribution is -2.48. The molecule has 2 aromatic rings. The number of benzene rings is 2. The molecule has 1 heterocycles. The largest absolute Gasteiger partial charge is 0.369 e. The average Bonchev–Trinajstić information content (AvgIpc) is 2.57. The van der Waals surface area contributed by atoms with Gasteiger partial charge in [-0.2, -0.15) is 4.31 Å². The van der Waals surface area contributed by atoms with Crippen LogP contribution >= 0.6 is 11.6 Å². The summed E-state index contributed by atoms with van der Waals surface area (Å²) < 4.78 is 40.4. The average molecular weight is 369 g/mol. The molecule has 3 rings (SSSR count). The predicted octanol–water partition coefficient (Wildman–Crippen LogP) is 3.30. The molecule has 0 atom stereocenters. The Morgan fingerprint density at radius 1 is 1.04 bits per heavy atom. The first-order valence-corrected chi connectivity index (χ1v) is 9.46. The van der Waals surface area contributed by atoms with Crippen LogP contribution in [0.2, 0.25) is 5.02 Å². The minimum absolute atomic E-state index is 0.0405. The van der Waals surface area contributed by atoms with Gasteiger partial charge in [0.15, 0.2) is 0 Å². The molecule has 24 heavy (non-hydrogen) atoms. The summed E-state index contributed by atoms with van der Waals surface area (Å²) >= 11 is 6.01. The minimum Gasteiger partial charge on any atom is -0.369 e. The van der Waals surface area contributed by atoms with Gasteiger partial charge >= 0.3 is 0 Å². The van der Waals surface area contributed by atoms with Crippen LogP contribution in [-0.4, -0.2) is 38.9 Å². The number of halogens is 2. The Morgan fingerprint density at radius 3 is 2.42 bits per heavy atom. The molecule has 0 aliphatic carbocycles. The molecule has 0 N–H and O–H groups in total. The molecule has 0 aromatic heterocycles. The number of sulfonamides is 1. The van der Waals surface area contributed by atoms with Gasteiger partial charge in [-0.3, -0.25) is 0 Å². The molecule has 0 amide bonds. The molecular weight excluding hydrogens is 351 g/mol. The number of rotatable bonds is 3. The van der Waals surface area contributed by atoms with E-state index in [9.17, 15) is 12.8 Å². The summed E-state index contributed by atoms with van der Waals surface area (Å²) in [5.74, 6) is -0.545. The van der Waals surface area contributed by atoms with E-state index in [1.807, 2.05) is 18.2 Å². The van der Waals surface area contributed by atoms with Crippen molar-refractivity contribution < 1.29 is 12.8 Å². The molecule has 0 radical (unpaired) electrons. The first-order chi connectivity index (χ1) is 11.4. The van der Waals surface area contributed by atoms with Crippen LogP contribution in [0.5, 0.6) is 0 Å². The Balaban J connectivity index is 1.77. The highest BCUT2D eigenvalue weighted by atomic mass is 35.5. The summed E-state index contributed by atoms with van der Waals surface area (Å²) in [4.78, 5) is 2.13. The van der Waals surface area contributed by atoms with Gasteiger partial charge in [0.25, 0.3) is 0 Å². The van der Waals surface area contributed by atoms with Gasteiger partial charge in [0.2, 0.25) is 10.0 Å².